The summed E-state index contributed by atoms with van der Waals surface area (Å²) in [4.78, 5) is 23.3. The number of carbonyl (C=O) groups excluding carboxylic acids is 2. The second kappa shape index (κ2) is 3.06. The molecule has 3 heteroatoms. The predicted octanol–water partition coefficient (Wildman–Crippen LogP) is 1.41. The zero-order valence-electron chi connectivity index (χ0n) is 8.94. The number of cyclic esters (lactones) is 1. The number of Topliss-reactive ketones (excluding diaryl/α,β-unsaturated/α-hetero) is 1. The summed E-state index contributed by atoms with van der Waals surface area (Å²) in [6.45, 7) is 2.62. The van der Waals surface area contributed by atoms with Gasteiger partial charge in [-0.2, -0.15) is 0 Å². The number of fused-ring (bicyclic) bond motifs is 3. The van der Waals surface area contributed by atoms with Crippen LogP contribution in [0.1, 0.15) is 26.2 Å². The minimum atomic E-state index is -0.0469. The molecule has 2 saturated carbocycles. The molecule has 0 bridgehead atoms. The first-order chi connectivity index (χ1) is 7.16. The smallest absolute Gasteiger partial charge is 0.309 e. The van der Waals surface area contributed by atoms with Crippen molar-refractivity contribution in [3.05, 3.63) is 0 Å². The summed E-state index contributed by atoms with van der Waals surface area (Å²) in [7, 11) is 0. The average Bonchev–Trinajstić information content (AvgIpc) is 2.85. The van der Waals surface area contributed by atoms with Crippen LogP contribution < -0.4 is 0 Å². The Morgan fingerprint density at radius 2 is 2.00 bits per heavy atom. The molecule has 3 fully saturated rings. The molecule has 2 aliphatic carbocycles. The Bertz CT molecular complexity index is 323. The van der Waals surface area contributed by atoms with Gasteiger partial charge in [0.2, 0.25) is 0 Å². The highest BCUT2D eigenvalue weighted by Crippen LogP contribution is 2.55. The second-order valence-electron chi connectivity index (χ2n) is 5.40. The second-order valence-corrected chi connectivity index (χ2v) is 5.40. The molecule has 0 radical (unpaired) electrons. The number of hydrogen-bond donors (Lipinski definition) is 0. The molecule has 0 unspecified atom stereocenters. The van der Waals surface area contributed by atoms with Gasteiger partial charge in [-0.25, -0.2) is 0 Å². The van der Waals surface area contributed by atoms with Crippen LogP contribution in [0.2, 0.25) is 0 Å². The van der Waals surface area contributed by atoms with Crippen molar-refractivity contribution >= 4 is 11.8 Å². The SMILES string of the molecule is C[C@@H]1CC(=O)C[C@H]2COC(=O)[C@@H]2[C@H]2C[C@H]21. The molecule has 3 rings (SSSR count). The van der Waals surface area contributed by atoms with Crippen LogP contribution in [0.15, 0.2) is 0 Å². The normalized spacial score (nSPS) is 48.7. The maximum Gasteiger partial charge on any atom is 0.309 e. The zero-order chi connectivity index (χ0) is 10.6. The van der Waals surface area contributed by atoms with E-state index in [4.69, 9.17) is 4.74 Å². The Labute approximate surface area is 89.2 Å². The Kier molecular flexibility index (Phi) is 1.91. The Morgan fingerprint density at radius 3 is 2.80 bits per heavy atom. The lowest BCUT2D eigenvalue weighted by atomic mass is 9.80. The van der Waals surface area contributed by atoms with Crippen LogP contribution in [-0.4, -0.2) is 18.4 Å². The first-order valence-electron chi connectivity index (χ1n) is 5.85. The zero-order valence-corrected chi connectivity index (χ0v) is 8.94. The van der Waals surface area contributed by atoms with Crippen molar-refractivity contribution in [2.24, 2.45) is 29.6 Å². The third kappa shape index (κ3) is 1.40. The molecule has 15 heavy (non-hydrogen) atoms. The van der Waals surface area contributed by atoms with Gasteiger partial charge in [0.25, 0.3) is 0 Å². The standard InChI is InChI=1S/C12H16O3/c1-6-2-8(13)3-7-5-15-12(14)11(7)10-4-9(6)10/h6-7,9-11H,2-5H2,1H3/t6-,7+,9+,10+,11+/m1/s1. The minimum absolute atomic E-state index is 0.0432. The molecule has 0 spiro atoms. The third-order valence-electron chi connectivity index (χ3n) is 4.34. The van der Waals surface area contributed by atoms with Gasteiger partial charge in [-0.05, 0) is 24.2 Å². The van der Waals surface area contributed by atoms with E-state index in [0.29, 0.717) is 43.0 Å². The van der Waals surface area contributed by atoms with Crippen LogP contribution in [0.5, 0.6) is 0 Å². The maximum absolute atomic E-state index is 11.7. The van der Waals surface area contributed by atoms with Crippen molar-refractivity contribution in [2.45, 2.75) is 26.2 Å². The number of carbonyl (C=O) groups is 2. The van der Waals surface area contributed by atoms with E-state index in [1.54, 1.807) is 0 Å². The molecule has 0 aromatic carbocycles. The fraction of sp³-hybridized carbons (Fsp3) is 0.833. The Morgan fingerprint density at radius 1 is 1.20 bits per heavy atom. The monoisotopic (exact) mass is 208 g/mol. The molecule has 1 heterocycles. The van der Waals surface area contributed by atoms with Gasteiger partial charge in [-0.3, -0.25) is 9.59 Å². The molecule has 0 N–H and O–H groups in total. The summed E-state index contributed by atoms with van der Waals surface area (Å²) >= 11 is 0. The van der Waals surface area contributed by atoms with Gasteiger partial charge < -0.3 is 4.74 Å². The van der Waals surface area contributed by atoms with Crippen LogP contribution in [-0.2, 0) is 14.3 Å². The molecule has 5 atom stereocenters. The van der Waals surface area contributed by atoms with Crippen LogP contribution >= 0.6 is 0 Å². The van der Waals surface area contributed by atoms with E-state index in [2.05, 4.69) is 6.92 Å². The molecule has 1 aliphatic heterocycles. The van der Waals surface area contributed by atoms with Gasteiger partial charge in [0, 0.05) is 18.8 Å². The molecule has 0 amide bonds. The first kappa shape index (κ1) is 9.37. The summed E-state index contributed by atoms with van der Waals surface area (Å²) in [5.41, 5.74) is 0. The van der Waals surface area contributed by atoms with Crippen molar-refractivity contribution < 1.29 is 14.3 Å². The summed E-state index contributed by atoms with van der Waals surface area (Å²) in [5.74, 6) is 2.10. The number of ether oxygens (including phenoxy) is 1. The number of esters is 1. The van der Waals surface area contributed by atoms with Crippen LogP contribution in [0, 0.1) is 29.6 Å². The van der Waals surface area contributed by atoms with E-state index in [-0.39, 0.29) is 17.8 Å². The number of rotatable bonds is 0. The van der Waals surface area contributed by atoms with Gasteiger partial charge in [0.05, 0.1) is 12.5 Å². The van der Waals surface area contributed by atoms with Crippen molar-refractivity contribution in [2.75, 3.05) is 6.61 Å². The average molecular weight is 208 g/mol. The summed E-state index contributed by atoms with van der Waals surface area (Å²) in [6.07, 6.45) is 2.40. The van der Waals surface area contributed by atoms with Gasteiger partial charge in [0.15, 0.2) is 0 Å². The molecule has 82 valence electrons. The van der Waals surface area contributed by atoms with Crippen molar-refractivity contribution in [3.63, 3.8) is 0 Å². The van der Waals surface area contributed by atoms with Crippen LogP contribution in [0.3, 0.4) is 0 Å². The van der Waals surface area contributed by atoms with Crippen LogP contribution in [0.25, 0.3) is 0 Å². The van der Waals surface area contributed by atoms with Crippen LogP contribution in [0.4, 0.5) is 0 Å². The number of ketones is 1. The Hall–Kier alpha value is -0.860. The van der Waals surface area contributed by atoms with E-state index in [9.17, 15) is 9.59 Å². The predicted molar refractivity (Wildman–Crippen MR) is 52.9 cm³/mol. The van der Waals surface area contributed by atoms with E-state index >= 15 is 0 Å². The highest BCUT2D eigenvalue weighted by molar-refractivity contribution is 5.82. The lowest BCUT2D eigenvalue weighted by Gasteiger charge is -2.20. The lowest BCUT2D eigenvalue weighted by Crippen LogP contribution is -2.26. The first-order valence-corrected chi connectivity index (χ1v) is 5.85. The topological polar surface area (TPSA) is 43.4 Å². The fourth-order valence-electron chi connectivity index (χ4n) is 3.48. The molecule has 3 nitrogen and oxygen atoms in total. The summed E-state index contributed by atoms with van der Waals surface area (Å²) in [5, 5.41) is 0. The van der Waals surface area contributed by atoms with Gasteiger partial charge in [-0.1, -0.05) is 6.92 Å². The molecule has 3 aliphatic rings. The van der Waals surface area contributed by atoms with Crippen molar-refractivity contribution in [3.8, 4) is 0 Å². The quantitative estimate of drug-likeness (QED) is 0.565. The van der Waals surface area contributed by atoms with Gasteiger partial charge in [0.1, 0.15) is 5.78 Å². The van der Waals surface area contributed by atoms with E-state index in [1.807, 2.05) is 0 Å². The van der Waals surface area contributed by atoms with Crippen molar-refractivity contribution in [1.82, 2.24) is 0 Å². The van der Waals surface area contributed by atoms with E-state index in [0.717, 1.165) is 6.42 Å². The van der Waals surface area contributed by atoms with Gasteiger partial charge in [-0.15, -0.1) is 0 Å². The molecular formula is C12H16O3. The van der Waals surface area contributed by atoms with Crippen molar-refractivity contribution in [1.29, 1.82) is 0 Å². The molecule has 1 saturated heterocycles. The lowest BCUT2D eigenvalue weighted by molar-refractivity contribution is -0.141. The fourth-order valence-corrected chi connectivity index (χ4v) is 3.48. The van der Waals surface area contributed by atoms with E-state index in [1.165, 1.54) is 0 Å². The minimum Gasteiger partial charge on any atom is -0.465 e. The molecular weight excluding hydrogens is 192 g/mol. The highest BCUT2D eigenvalue weighted by atomic mass is 16.5. The third-order valence-corrected chi connectivity index (χ3v) is 4.34. The maximum atomic E-state index is 11.7. The summed E-state index contributed by atoms with van der Waals surface area (Å²) < 4.78 is 5.10. The largest absolute Gasteiger partial charge is 0.465 e. The number of hydrogen-bond acceptors (Lipinski definition) is 3. The Balaban J connectivity index is 1.86. The highest BCUT2D eigenvalue weighted by Gasteiger charge is 2.55. The summed E-state index contributed by atoms with van der Waals surface area (Å²) in [6, 6.07) is 0. The van der Waals surface area contributed by atoms with Gasteiger partial charge >= 0.3 is 5.97 Å². The molecule has 0 aromatic rings. The van der Waals surface area contributed by atoms with E-state index < -0.39 is 0 Å². The molecule has 0 aromatic heterocycles.